The molecule has 4 heteroatoms. The highest BCUT2D eigenvalue weighted by Gasteiger charge is 2.00. The van der Waals surface area contributed by atoms with Crippen LogP contribution >= 0.6 is 22.6 Å². The van der Waals surface area contributed by atoms with Gasteiger partial charge >= 0.3 is 5.69 Å². The van der Waals surface area contributed by atoms with E-state index in [9.17, 15) is 4.79 Å². The van der Waals surface area contributed by atoms with Gasteiger partial charge in [-0.1, -0.05) is 12.1 Å². The molecule has 1 heterocycles. The number of hydrogen-bond acceptors (Lipinski definition) is 1. The fourth-order valence-electron chi connectivity index (χ4n) is 1.42. The standard InChI is InChI=1S/C11H11IN2O/c1-13-6-7-14(11(13)15)8-9-2-4-10(12)5-3-9/h2-7H,8H2,1H3. The first-order valence-electron chi connectivity index (χ1n) is 4.63. The van der Waals surface area contributed by atoms with Gasteiger partial charge in [0.1, 0.15) is 0 Å². The predicted molar refractivity (Wildman–Crippen MR) is 67.9 cm³/mol. The average molecular weight is 314 g/mol. The number of rotatable bonds is 2. The zero-order chi connectivity index (χ0) is 10.8. The van der Waals surface area contributed by atoms with E-state index in [0.717, 1.165) is 5.56 Å². The quantitative estimate of drug-likeness (QED) is 0.777. The Bertz CT molecular complexity index is 510. The van der Waals surface area contributed by atoms with Crippen LogP contribution in [0.4, 0.5) is 0 Å². The lowest BCUT2D eigenvalue weighted by Gasteiger charge is -2.01. The Hall–Kier alpha value is -1.04. The molecule has 1 aromatic heterocycles. The van der Waals surface area contributed by atoms with Gasteiger partial charge in [-0.2, -0.15) is 0 Å². The van der Waals surface area contributed by atoms with Gasteiger partial charge in [0.05, 0.1) is 6.54 Å². The highest BCUT2D eigenvalue weighted by molar-refractivity contribution is 14.1. The van der Waals surface area contributed by atoms with Crippen LogP contribution in [-0.4, -0.2) is 9.13 Å². The van der Waals surface area contributed by atoms with E-state index in [1.165, 1.54) is 3.57 Å². The number of aromatic nitrogens is 2. The Balaban J connectivity index is 2.26. The lowest BCUT2D eigenvalue weighted by atomic mass is 10.2. The number of nitrogens with zero attached hydrogens (tertiary/aromatic N) is 2. The van der Waals surface area contributed by atoms with Gasteiger partial charge < -0.3 is 4.57 Å². The SMILES string of the molecule is Cn1ccn(Cc2ccc(I)cc2)c1=O. The minimum absolute atomic E-state index is 0.0218. The van der Waals surface area contributed by atoms with E-state index in [2.05, 4.69) is 22.6 Å². The summed E-state index contributed by atoms with van der Waals surface area (Å²) in [5.74, 6) is 0. The monoisotopic (exact) mass is 314 g/mol. The Kier molecular flexibility index (Phi) is 2.95. The minimum atomic E-state index is 0.0218. The maximum Gasteiger partial charge on any atom is 0.328 e. The molecule has 0 atom stereocenters. The van der Waals surface area contributed by atoms with Gasteiger partial charge in [0, 0.05) is 23.0 Å². The molecule has 2 aromatic rings. The summed E-state index contributed by atoms with van der Waals surface area (Å²) in [6.07, 6.45) is 3.58. The van der Waals surface area contributed by atoms with Crippen LogP contribution in [0.5, 0.6) is 0 Å². The predicted octanol–water partition coefficient (Wildman–Crippen LogP) is 1.84. The Morgan fingerprint density at radius 1 is 1.20 bits per heavy atom. The maximum atomic E-state index is 11.6. The van der Waals surface area contributed by atoms with Gasteiger partial charge in [-0.05, 0) is 40.3 Å². The number of benzene rings is 1. The molecule has 0 aliphatic carbocycles. The molecule has 78 valence electrons. The lowest BCUT2D eigenvalue weighted by Crippen LogP contribution is -2.22. The third kappa shape index (κ3) is 2.31. The van der Waals surface area contributed by atoms with Crippen molar-refractivity contribution in [3.05, 3.63) is 56.3 Å². The van der Waals surface area contributed by atoms with Crippen molar-refractivity contribution in [2.45, 2.75) is 6.54 Å². The first-order valence-corrected chi connectivity index (χ1v) is 5.71. The topological polar surface area (TPSA) is 26.9 Å². The molecule has 0 saturated heterocycles. The van der Waals surface area contributed by atoms with E-state index in [-0.39, 0.29) is 5.69 Å². The summed E-state index contributed by atoms with van der Waals surface area (Å²) in [7, 11) is 1.76. The van der Waals surface area contributed by atoms with Crippen LogP contribution in [0.15, 0.2) is 41.5 Å². The molecule has 0 bridgehead atoms. The number of aryl methyl sites for hydroxylation is 1. The van der Waals surface area contributed by atoms with E-state index in [4.69, 9.17) is 0 Å². The van der Waals surface area contributed by atoms with Crippen LogP contribution in [0.25, 0.3) is 0 Å². The summed E-state index contributed by atoms with van der Waals surface area (Å²) in [6, 6.07) is 8.18. The number of imidazole rings is 1. The zero-order valence-corrected chi connectivity index (χ0v) is 10.5. The Morgan fingerprint density at radius 2 is 1.87 bits per heavy atom. The van der Waals surface area contributed by atoms with Crippen molar-refractivity contribution in [3.63, 3.8) is 0 Å². The van der Waals surface area contributed by atoms with E-state index >= 15 is 0 Å². The first kappa shape index (κ1) is 10.5. The smallest absolute Gasteiger partial charge is 0.302 e. The second kappa shape index (κ2) is 4.22. The van der Waals surface area contributed by atoms with Crippen molar-refractivity contribution >= 4 is 22.6 Å². The van der Waals surface area contributed by atoms with Crippen LogP contribution in [0.1, 0.15) is 5.56 Å². The van der Waals surface area contributed by atoms with Gasteiger partial charge in [0.2, 0.25) is 0 Å². The first-order chi connectivity index (χ1) is 7.16. The molecule has 0 saturated carbocycles. The summed E-state index contributed by atoms with van der Waals surface area (Å²) < 4.78 is 4.48. The van der Waals surface area contributed by atoms with Gasteiger partial charge in [0.15, 0.2) is 0 Å². The molecule has 0 amide bonds. The summed E-state index contributed by atoms with van der Waals surface area (Å²) in [5, 5.41) is 0. The summed E-state index contributed by atoms with van der Waals surface area (Å²) in [4.78, 5) is 11.6. The largest absolute Gasteiger partial charge is 0.328 e. The van der Waals surface area contributed by atoms with Crippen LogP contribution in [0.3, 0.4) is 0 Å². The lowest BCUT2D eigenvalue weighted by molar-refractivity contribution is 0.717. The molecule has 2 rings (SSSR count). The van der Waals surface area contributed by atoms with Crippen LogP contribution in [-0.2, 0) is 13.6 Å². The van der Waals surface area contributed by atoms with Crippen molar-refractivity contribution in [2.75, 3.05) is 0 Å². The van der Waals surface area contributed by atoms with Crippen molar-refractivity contribution in [3.8, 4) is 0 Å². The number of hydrogen-bond donors (Lipinski definition) is 0. The molecule has 3 nitrogen and oxygen atoms in total. The average Bonchev–Trinajstić information content (AvgIpc) is 2.53. The Labute approximate surface area is 101 Å². The van der Waals surface area contributed by atoms with E-state index in [0.29, 0.717) is 6.54 Å². The van der Waals surface area contributed by atoms with E-state index < -0.39 is 0 Å². The molecule has 15 heavy (non-hydrogen) atoms. The van der Waals surface area contributed by atoms with E-state index in [1.807, 2.05) is 24.3 Å². The normalized spacial score (nSPS) is 10.5. The molecular formula is C11H11IN2O. The second-order valence-electron chi connectivity index (χ2n) is 3.45. The molecular weight excluding hydrogens is 303 g/mol. The minimum Gasteiger partial charge on any atom is -0.302 e. The van der Waals surface area contributed by atoms with Crippen molar-refractivity contribution < 1.29 is 0 Å². The summed E-state index contributed by atoms with van der Waals surface area (Å²) in [5.41, 5.74) is 1.16. The third-order valence-corrected chi connectivity index (χ3v) is 3.00. The zero-order valence-electron chi connectivity index (χ0n) is 8.35. The van der Waals surface area contributed by atoms with Crippen molar-refractivity contribution in [1.29, 1.82) is 0 Å². The highest BCUT2D eigenvalue weighted by atomic mass is 127. The second-order valence-corrected chi connectivity index (χ2v) is 4.69. The third-order valence-electron chi connectivity index (χ3n) is 2.28. The van der Waals surface area contributed by atoms with Gasteiger partial charge in [-0.3, -0.25) is 4.57 Å². The number of halogens is 1. The van der Waals surface area contributed by atoms with Gasteiger partial charge in [-0.15, -0.1) is 0 Å². The molecule has 0 fully saturated rings. The Morgan fingerprint density at radius 3 is 2.40 bits per heavy atom. The van der Waals surface area contributed by atoms with Gasteiger partial charge in [-0.25, -0.2) is 4.79 Å². The maximum absolute atomic E-state index is 11.6. The molecule has 0 aliphatic rings. The van der Waals surface area contributed by atoms with Crippen molar-refractivity contribution in [1.82, 2.24) is 9.13 Å². The summed E-state index contributed by atoms with van der Waals surface area (Å²) >= 11 is 2.27. The fourth-order valence-corrected chi connectivity index (χ4v) is 1.78. The molecule has 0 spiro atoms. The van der Waals surface area contributed by atoms with Crippen LogP contribution in [0, 0.1) is 3.57 Å². The van der Waals surface area contributed by atoms with Crippen LogP contribution in [0.2, 0.25) is 0 Å². The molecule has 1 aromatic carbocycles. The summed E-state index contributed by atoms with van der Waals surface area (Å²) in [6.45, 7) is 0.636. The van der Waals surface area contributed by atoms with E-state index in [1.54, 1.807) is 28.6 Å². The molecule has 0 radical (unpaired) electrons. The van der Waals surface area contributed by atoms with Crippen molar-refractivity contribution in [2.24, 2.45) is 7.05 Å². The molecule has 0 N–H and O–H groups in total. The highest BCUT2D eigenvalue weighted by Crippen LogP contribution is 2.07. The van der Waals surface area contributed by atoms with Gasteiger partial charge in [0.25, 0.3) is 0 Å². The molecule has 0 unspecified atom stereocenters. The fraction of sp³-hybridized carbons (Fsp3) is 0.182. The molecule has 0 aliphatic heterocycles. The van der Waals surface area contributed by atoms with Crippen LogP contribution < -0.4 is 5.69 Å².